The molecule has 49 heavy (non-hydrogen) atoms. The smallest absolute Gasteiger partial charge is 0.389 e. The van der Waals surface area contributed by atoms with Crippen molar-refractivity contribution in [1.29, 1.82) is 0 Å². The van der Waals surface area contributed by atoms with E-state index in [9.17, 15) is 23.1 Å². The van der Waals surface area contributed by atoms with E-state index in [4.69, 9.17) is 4.98 Å². The number of pyridine rings is 1. The van der Waals surface area contributed by atoms with Crippen molar-refractivity contribution in [2.24, 2.45) is 11.8 Å². The second kappa shape index (κ2) is 17.2. The Morgan fingerprint density at radius 3 is 2.10 bits per heavy atom. The average molecular weight is 867 g/mol. The van der Waals surface area contributed by atoms with Gasteiger partial charge in [-0.15, -0.1) is 40.5 Å². The Hall–Kier alpha value is -3.06. The summed E-state index contributed by atoms with van der Waals surface area (Å²) in [5.74, 6) is 0.547. The molecule has 0 aliphatic rings. The number of benzene rings is 3. The second-order valence-electron chi connectivity index (χ2n) is 13.4. The van der Waals surface area contributed by atoms with Crippen LogP contribution in [0.15, 0.2) is 72.6 Å². The van der Waals surface area contributed by atoms with Crippen LogP contribution in [0.4, 0.5) is 13.2 Å². The molecular weight excluding hydrogens is 820 g/mol. The SMILES string of the molecule is CC(C)(C)c1cc(-c2nccc3c2sc2c(CCC(F)(F)F)cccc23)[c-]c2ccccc12.CCC(CC)C(=O)/C=C(\O)C(CC)CC.[Ir]. The molecule has 5 aromatic rings. The molecule has 265 valence electrons. The number of fused-ring (bicyclic) bond motifs is 4. The molecule has 3 nitrogen and oxygen atoms in total. The summed E-state index contributed by atoms with van der Waals surface area (Å²) in [5, 5.41) is 14.0. The number of ketones is 1. The first-order valence-corrected chi connectivity index (χ1v) is 17.8. The number of carbonyl (C=O) groups excluding carboxylic acids is 1. The van der Waals surface area contributed by atoms with Crippen LogP contribution in [-0.2, 0) is 36.7 Å². The van der Waals surface area contributed by atoms with Crippen molar-refractivity contribution in [3.63, 3.8) is 0 Å². The van der Waals surface area contributed by atoms with E-state index in [1.807, 2.05) is 58.0 Å². The largest absolute Gasteiger partial charge is 0.512 e. The zero-order valence-corrected chi connectivity index (χ0v) is 32.6. The molecule has 1 radical (unpaired) electrons. The van der Waals surface area contributed by atoms with Crippen LogP contribution in [0.1, 0.15) is 91.7 Å². The van der Waals surface area contributed by atoms with E-state index in [1.165, 1.54) is 28.4 Å². The van der Waals surface area contributed by atoms with Crippen molar-refractivity contribution < 1.29 is 43.2 Å². The van der Waals surface area contributed by atoms with E-state index in [1.54, 1.807) is 12.3 Å². The minimum absolute atomic E-state index is 0. The van der Waals surface area contributed by atoms with Gasteiger partial charge in [-0.05, 0) is 54.5 Å². The number of rotatable bonds is 10. The van der Waals surface area contributed by atoms with E-state index in [-0.39, 0.29) is 55.3 Å². The molecule has 0 aliphatic heterocycles. The predicted molar refractivity (Wildman–Crippen MR) is 196 cm³/mol. The Balaban J connectivity index is 0.000000347. The number of halogens is 3. The molecular formula is C41H47F3IrNO2S-. The molecule has 3 aromatic carbocycles. The Morgan fingerprint density at radius 2 is 1.49 bits per heavy atom. The van der Waals surface area contributed by atoms with Crippen molar-refractivity contribution in [2.45, 2.75) is 98.6 Å². The van der Waals surface area contributed by atoms with Gasteiger partial charge in [0.1, 0.15) is 0 Å². The molecule has 0 amide bonds. The normalized spacial score (nSPS) is 12.4. The van der Waals surface area contributed by atoms with Gasteiger partial charge in [-0.1, -0.05) is 95.8 Å². The Bertz CT molecular complexity index is 1900. The maximum Gasteiger partial charge on any atom is 0.389 e. The molecule has 2 aromatic heterocycles. The predicted octanol–water partition coefficient (Wildman–Crippen LogP) is 12.7. The van der Waals surface area contributed by atoms with Gasteiger partial charge in [0.05, 0.1) is 5.76 Å². The standard InChI is InChI=1S/C28H23F3NS.C13H24O2.Ir/c1-27(2,3)23-16-19(15-18-7-4-5-9-20(18)23)24-26-22(12-14-32-24)21-10-6-8-17(25(21)33-26)11-13-28(29,30)31;1-5-10(6-2)12(14)9-13(15)11(7-3)8-4;/h4-10,12,14,16H,11,13H2,1-3H3;9-11,14H,5-8H2,1-4H3;/q-1;;/b;12-9-;. The third-order valence-corrected chi connectivity index (χ3v) is 10.4. The molecule has 0 aliphatic carbocycles. The quantitative estimate of drug-likeness (QED) is 0.0864. The first kappa shape index (κ1) is 40.4. The molecule has 0 saturated heterocycles. The number of hydrogen-bond donors (Lipinski definition) is 1. The van der Waals surface area contributed by atoms with Crippen LogP contribution in [0.2, 0.25) is 0 Å². The van der Waals surface area contributed by atoms with Crippen LogP contribution in [0.3, 0.4) is 0 Å². The average Bonchev–Trinajstić information content (AvgIpc) is 3.43. The van der Waals surface area contributed by atoms with Crippen LogP contribution in [-0.4, -0.2) is 22.1 Å². The van der Waals surface area contributed by atoms with E-state index in [2.05, 4.69) is 45.0 Å². The summed E-state index contributed by atoms with van der Waals surface area (Å²) >= 11 is 1.53. The summed E-state index contributed by atoms with van der Waals surface area (Å²) in [6.45, 7) is 14.7. The summed E-state index contributed by atoms with van der Waals surface area (Å²) in [6.07, 6.45) is 1.68. The number of alkyl halides is 3. The maximum atomic E-state index is 12.9. The van der Waals surface area contributed by atoms with E-state index in [0.29, 0.717) is 0 Å². The van der Waals surface area contributed by atoms with E-state index in [0.717, 1.165) is 68.1 Å². The first-order valence-electron chi connectivity index (χ1n) is 17.0. The monoisotopic (exact) mass is 867 g/mol. The third-order valence-electron chi connectivity index (χ3n) is 9.09. The van der Waals surface area contributed by atoms with Gasteiger partial charge in [0.25, 0.3) is 0 Å². The van der Waals surface area contributed by atoms with Gasteiger partial charge in [-0.2, -0.15) is 13.2 Å². The van der Waals surface area contributed by atoms with Crippen LogP contribution >= 0.6 is 11.3 Å². The van der Waals surface area contributed by atoms with Crippen LogP contribution in [0.25, 0.3) is 42.2 Å². The third kappa shape index (κ3) is 9.80. The zero-order chi connectivity index (χ0) is 35.2. The topological polar surface area (TPSA) is 50.2 Å². The fraction of sp³-hybridized carbons (Fsp3) is 0.415. The Morgan fingerprint density at radius 1 is 0.878 bits per heavy atom. The van der Waals surface area contributed by atoms with Gasteiger partial charge >= 0.3 is 6.18 Å². The van der Waals surface area contributed by atoms with Gasteiger partial charge in [0.15, 0.2) is 5.78 Å². The minimum atomic E-state index is -4.17. The van der Waals surface area contributed by atoms with Crippen LogP contribution in [0, 0.1) is 17.9 Å². The van der Waals surface area contributed by atoms with E-state index >= 15 is 0 Å². The summed E-state index contributed by atoms with van der Waals surface area (Å²) in [4.78, 5) is 16.4. The number of allylic oxidation sites excluding steroid dienone is 2. The molecule has 0 spiro atoms. The number of aliphatic hydroxyl groups is 1. The van der Waals surface area contributed by atoms with Gasteiger partial charge < -0.3 is 5.11 Å². The Labute approximate surface area is 306 Å². The minimum Gasteiger partial charge on any atom is -0.512 e. The van der Waals surface area contributed by atoms with Gasteiger partial charge in [-0.25, -0.2) is 0 Å². The summed E-state index contributed by atoms with van der Waals surface area (Å²) in [7, 11) is 0. The number of hydrogen-bond acceptors (Lipinski definition) is 4. The number of carbonyl (C=O) groups is 1. The molecule has 2 heterocycles. The van der Waals surface area contributed by atoms with E-state index < -0.39 is 12.6 Å². The number of aromatic nitrogens is 1. The van der Waals surface area contributed by atoms with Gasteiger partial charge in [0.2, 0.25) is 0 Å². The molecule has 0 fully saturated rings. The number of aryl methyl sites for hydroxylation is 1. The van der Waals surface area contributed by atoms with Crippen molar-refractivity contribution in [1.82, 2.24) is 4.98 Å². The molecule has 0 unspecified atom stereocenters. The van der Waals surface area contributed by atoms with Crippen molar-refractivity contribution >= 4 is 48.1 Å². The molecule has 8 heteroatoms. The molecule has 0 saturated carbocycles. The number of nitrogens with zero attached hydrogens (tertiary/aromatic N) is 1. The summed E-state index contributed by atoms with van der Waals surface area (Å²) in [5.41, 5.74) is 3.62. The van der Waals surface area contributed by atoms with Crippen molar-refractivity contribution in [3.8, 4) is 11.3 Å². The number of aliphatic hydroxyl groups excluding tert-OH is 1. The summed E-state index contributed by atoms with van der Waals surface area (Å²) < 4.78 is 40.5. The first-order chi connectivity index (χ1) is 22.7. The molecule has 1 N–H and O–H groups in total. The number of thiophene rings is 1. The summed E-state index contributed by atoms with van der Waals surface area (Å²) in [6, 6.07) is 21.5. The van der Waals surface area contributed by atoms with Crippen LogP contribution in [0.5, 0.6) is 0 Å². The van der Waals surface area contributed by atoms with Crippen molar-refractivity contribution in [2.75, 3.05) is 0 Å². The second-order valence-corrected chi connectivity index (χ2v) is 14.5. The van der Waals surface area contributed by atoms with Crippen LogP contribution < -0.4 is 0 Å². The van der Waals surface area contributed by atoms with Gasteiger partial charge in [0, 0.05) is 71.1 Å². The fourth-order valence-electron chi connectivity index (χ4n) is 6.21. The maximum absolute atomic E-state index is 12.9. The molecule has 5 rings (SSSR count). The molecule has 0 bridgehead atoms. The Kier molecular flexibility index (Phi) is 14.2. The molecule has 0 atom stereocenters. The zero-order valence-electron chi connectivity index (χ0n) is 29.4. The fourth-order valence-corrected chi connectivity index (χ4v) is 7.55. The van der Waals surface area contributed by atoms with Crippen molar-refractivity contribution in [3.05, 3.63) is 89.8 Å². The van der Waals surface area contributed by atoms with Gasteiger partial charge in [-0.3, -0.25) is 9.78 Å².